The van der Waals surface area contributed by atoms with Crippen LogP contribution in [0.25, 0.3) is 16.2 Å². The molecule has 4 aromatic rings. The number of fused-ring (bicyclic) bond motifs is 1. The Morgan fingerprint density at radius 3 is 2.42 bits per heavy atom. The van der Waals surface area contributed by atoms with E-state index in [1.54, 1.807) is 11.3 Å². The van der Waals surface area contributed by atoms with Gasteiger partial charge in [-0.3, -0.25) is 4.40 Å². The number of nitrogens with zero attached hydrogens (tertiary/aromatic N) is 2. The van der Waals surface area contributed by atoms with Crippen molar-refractivity contribution in [1.29, 1.82) is 0 Å². The fourth-order valence-electron chi connectivity index (χ4n) is 2.54. The smallest absolute Gasteiger partial charge is 0.144 e. The van der Waals surface area contributed by atoms with Crippen LogP contribution in [0.5, 0.6) is 0 Å². The van der Waals surface area contributed by atoms with Gasteiger partial charge in [0.2, 0.25) is 0 Å². The maximum absolute atomic E-state index is 6.18. The monoisotopic (exact) mass is 373 g/mol. The number of thiophene rings is 1. The van der Waals surface area contributed by atoms with Gasteiger partial charge in [-0.15, -0.1) is 11.3 Å². The van der Waals surface area contributed by atoms with E-state index in [0.717, 1.165) is 27.7 Å². The number of anilines is 2. The molecule has 24 heavy (non-hydrogen) atoms. The van der Waals surface area contributed by atoms with Crippen molar-refractivity contribution in [1.82, 2.24) is 9.38 Å². The van der Waals surface area contributed by atoms with Gasteiger partial charge in [0.05, 0.1) is 9.90 Å². The Balaban J connectivity index is 1.89. The van der Waals surface area contributed by atoms with Crippen molar-refractivity contribution in [3.05, 3.63) is 69.7 Å². The molecule has 0 atom stereocenters. The molecule has 0 saturated heterocycles. The van der Waals surface area contributed by atoms with Crippen LogP contribution in [0.2, 0.25) is 10.0 Å². The van der Waals surface area contributed by atoms with Crippen LogP contribution in [0.15, 0.2) is 54.7 Å². The highest BCUT2D eigenvalue weighted by Crippen LogP contribution is 2.35. The van der Waals surface area contributed by atoms with E-state index in [4.69, 9.17) is 28.2 Å². The number of nitrogens with one attached hydrogen (secondary N) is 1. The predicted octanol–water partition coefficient (Wildman–Crippen LogP) is 6.42. The van der Waals surface area contributed by atoms with Crippen LogP contribution >= 0.6 is 34.5 Å². The molecule has 0 fully saturated rings. The molecule has 4 rings (SSSR count). The van der Waals surface area contributed by atoms with Gasteiger partial charge in [0.1, 0.15) is 17.2 Å². The quantitative estimate of drug-likeness (QED) is 0.448. The maximum atomic E-state index is 6.18. The molecule has 0 aliphatic rings. The van der Waals surface area contributed by atoms with Crippen molar-refractivity contribution < 1.29 is 0 Å². The molecular formula is C18H13Cl2N3S. The highest BCUT2D eigenvalue weighted by atomic mass is 35.5. The largest absolute Gasteiger partial charge is 0.339 e. The van der Waals surface area contributed by atoms with Gasteiger partial charge in [-0.1, -0.05) is 23.2 Å². The van der Waals surface area contributed by atoms with Gasteiger partial charge >= 0.3 is 0 Å². The van der Waals surface area contributed by atoms with Crippen LogP contribution < -0.4 is 5.32 Å². The molecule has 0 amide bonds. The molecule has 6 heteroatoms. The van der Waals surface area contributed by atoms with E-state index in [-0.39, 0.29) is 0 Å². The SMILES string of the molecule is Cc1ccc(-c2nc3ccc(Cl)cn3c2Nc2ccc(Cl)cc2)s1. The molecular weight excluding hydrogens is 361 g/mol. The molecule has 3 nitrogen and oxygen atoms in total. The van der Waals surface area contributed by atoms with Crippen molar-refractivity contribution in [2.75, 3.05) is 5.32 Å². The van der Waals surface area contributed by atoms with Gasteiger partial charge in [0.25, 0.3) is 0 Å². The van der Waals surface area contributed by atoms with Crippen molar-refractivity contribution in [2.24, 2.45) is 0 Å². The Morgan fingerprint density at radius 1 is 0.958 bits per heavy atom. The summed E-state index contributed by atoms with van der Waals surface area (Å²) in [5.41, 5.74) is 2.69. The van der Waals surface area contributed by atoms with Gasteiger partial charge in [-0.2, -0.15) is 0 Å². The van der Waals surface area contributed by atoms with Gasteiger partial charge < -0.3 is 5.32 Å². The molecule has 120 valence electrons. The minimum atomic E-state index is 0.660. The van der Waals surface area contributed by atoms with Crippen molar-refractivity contribution in [2.45, 2.75) is 6.92 Å². The standard InChI is InChI=1S/C18H13Cl2N3S/c1-11-2-8-15(24-11)17-18(21-14-6-3-12(19)4-7-14)23-10-13(20)5-9-16(23)22-17/h2-10,21H,1H3. The van der Waals surface area contributed by atoms with Crippen molar-refractivity contribution >= 4 is 51.7 Å². The number of aromatic nitrogens is 2. The van der Waals surface area contributed by atoms with E-state index in [1.807, 2.05) is 47.0 Å². The number of aryl methyl sites for hydroxylation is 1. The lowest BCUT2D eigenvalue weighted by molar-refractivity contribution is 1.18. The van der Waals surface area contributed by atoms with Crippen molar-refractivity contribution in [3.8, 4) is 10.6 Å². The average molecular weight is 374 g/mol. The minimum absolute atomic E-state index is 0.660. The van der Waals surface area contributed by atoms with Gasteiger partial charge in [-0.05, 0) is 55.5 Å². The summed E-state index contributed by atoms with van der Waals surface area (Å²) in [6.45, 7) is 2.09. The molecule has 0 unspecified atom stereocenters. The molecule has 3 heterocycles. The Labute approximate surface area is 153 Å². The second-order valence-electron chi connectivity index (χ2n) is 5.43. The summed E-state index contributed by atoms with van der Waals surface area (Å²) >= 11 is 13.9. The van der Waals surface area contributed by atoms with Crippen LogP contribution in [0.3, 0.4) is 0 Å². The van der Waals surface area contributed by atoms with Crippen LogP contribution in [0.4, 0.5) is 11.5 Å². The van der Waals surface area contributed by atoms with E-state index in [2.05, 4.69) is 24.4 Å². The lowest BCUT2D eigenvalue weighted by Crippen LogP contribution is -1.96. The fourth-order valence-corrected chi connectivity index (χ4v) is 3.69. The zero-order valence-corrected chi connectivity index (χ0v) is 15.1. The van der Waals surface area contributed by atoms with Crippen LogP contribution in [0.1, 0.15) is 4.88 Å². The normalized spacial score (nSPS) is 11.1. The summed E-state index contributed by atoms with van der Waals surface area (Å²) in [7, 11) is 0. The Bertz CT molecular complexity index is 1020. The maximum Gasteiger partial charge on any atom is 0.144 e. The van der Waals surface area contributed by atoms with E-state index in [9.17, 15) is 0 Å². The third-order valence-corrected chi connectivity index (χ3v) is 5.15. The van der Waals surface area contributed by atoms with Gasteiger partial charge in [0, 0.05) is 21.8 Å². The van der Waals surface area contributed by atoms with E-state index < -0.39 is 0 Å². The van der Waals surface area contributed by atoms with E-state index >= 15 is 0 Å². The van der Waals surface area contributed by atoms with E-state index in [0.29, 0.717) is 10.0 Å². The lowest BCUT2D eigenvalue weighted by Gasteiger charge is -2.08. The highest BCUT2D eigenvalue weighted by molar-refractivity contribution is 7.15. The third-order valence-electron chi connectivity index (χ3n) is 3.66. The summed E-state index contributed by atoms with van der Waals surface area (Å²) in [5, 5.41) is 4.81. The van der Waals surface area contributed by atoms with E-state index in [1.165, 1.54) is 4.88 Å². The number of hydrogen-bond acceptors (Lipinski definition) is 3. The second kappa shape index (κ2) is 6.13. The zero-order chi connectivity index (χ0) is 16.7. The summed E-state index contributed by atoms with van der Waals surface area (Å²) in [6.07, 6.45) is 1.87. The highest BCUT2D eigenvalue weighted by Gasteiger charge is 2.16. The Hall–Kier alpha value is -2.01. The molecule has 0 aliphatic heterocycles. The number of benzene rings is 1. The zero-order valence-electron chi connectivity index (χ0n) is 12.8. The third kappa shape index (κ3) is 2.88. The number of pyridine rings is 1. The molecule has 0 spiro atoms. The minimum Gasteiger partial charge on any atom is -0.339 e. The first-order valence-corrected chi connectivity index (χ1v) is 8.94. The topological polar surface area (TPSA) is 29.3 Å². The molecule has 0 bridgehead atoms. The molecule has 1 N–H and O–H groups in total. The molecule has 0 saturated carbocycles. The van der Waals surface area contributed by atoms with Crippen LogP contribution in [-0.2, 0) is 0 Å². The summed E-state index contributed by atoms with van der Waals surface area (Å²) in [4.78, 5) is 7.14. The van der Waals surface area contributed by atoms with Crippen LogP contribution in [0, 0.1) is 6.92 Å². The number of halogens is 2. The molecule has 1 aromatic carbocycles. The van der Waals surface area contributed by atoms with Crippen molar-refractivity contribution in [3.63, 3.8) is 0 Å². The molecule has 0 aliphatic carbocycles. The average Bonchev–Trinajstić information content (AvgIpc) is 3.14. The Morgan fingerprint density at radius 2 is 1.71 bits per heavy atom. The first kappa shape index (κ1) is 15.5. The predicted molar refractivity (Wildman–Crippen MR) is 103 cm³/mol. The fraction of sp³-hybridized carbons (Fsp3) is 0.0556. The summed E-state index contributed by atoms with van der Waals surface area (Å²) < 4.78 is 1.97. The Kier molecular flexibility index (Phi) is 3.96. The first-order chi connectivity index (χ1) is 11.6. The molecule has 3 aromatic heterocycles. The number of rotatable bonds is 3. The summed E-state index contributed by atoms with van der Waals surface area (Å²) in [6, 6.07) is 15.5. The van der Waals surface area contributed by atoms with Crippen LogP contribution in [-0.4, -0.2) is 9.38 Å². The number of hydrogen-bond donors (Lipinski definition) is 1. The second-order valence-corrected chi connectivity index (χ2v) is 7.59. The first-order valence-electron chi connectivity index (χ1n) is 7.37. The lowest BCUT2D eigenvalue weighted by atomic mass is 10.3. The molecule has 0 radical (unpaired) electrons. The van der Waals surface area contributed by atoms with Gasteiger partial charge in [0.15, 0.2) is 0 Å². The van der Waals surface area contributed by atoms with Gasteiger partial charge in [-0.25, -0.2) is 4.98 Å². The summed E-state index contributed by atoms with van der Waals surface area (Å²) in [5.74, 6) is 0.886. The number of imidazole rings is 1.